The van der Waals surface area contributed by atoms with E-state index in [1.165, 1.54) is 65.5 Å². The van der Waals surface area contributed by atoms with Crippen LogP contribution in [0.5, 0.6) is 0 Å². The van der Waals surface area contributed by atoms with Crippen LogP contribution in [0.2, 0.25) is 0 Å². The summed E-state index contributed by atoms with van der Waals surface area (Å²) in [6, 6.07) is 27.6. The first kappa shape index (κ1) is 20.9. The highest BCUT2D eigenvalue weighted by Crippen LogP contribution is 2.30. The van der Waals surface area contributed by atoms with E-state index in [9.17, 15) is 0 Å². The van der Waals surface area contributed by atoms with Crippen molar-refractivity contribution in [1.29, 1.82) is 0 Å². The minimum atomic E-state index is 0.901. The number of aryl methyl sites for hydroxylation is 1. The van der Waals surface area contributed by atoms with Crippen LogP contribution in [-0.4, -0.2) is 0 Å². The monoisotopic (exact) mass is 396 g/mol. The number of hydrogen-bond donors (Lipinski definition) is 0. The van der Waals surface area contributed by atoms with Crippen molar-refractivity contribution in [1.82, 2.24) is 0 Å². The molecule has 0 amide bonds. The van der Waals surface area contributed by atoms with Crippen molar-refractivity contribution >= 4 is 0 Å². The molecule has 0 unspecified atom stereocenters. The molecule has 156 valence electrons. The average molecular weight is 397 g/mol. The molecule has 0 N–H and O–H groups in total. The highest BCUT2D eigenvalue weighted by atomic mass is 14.2. The molecule has 1 aliphatic carbocycles. The molecule has 30 heavy (non-hydrogen) atoms. The maximum Gasteiger partial charge on any atom is -0.00258 e. The molecule has 0 nitrogen and oxygen atoms in total. The summed E-state index contributed by atoms with van der Waals surface area (Å²) in [5.41, 5.74) is 8.52. The molecule has 0 heteroatoms. The third-order valence-electron chi connectivity index (χ3n) is 6.95. The molecule has 0 aromatic heterocycles. The molecular weight excluding hydrogens is 360 g/mol. The second-order valence-corrected chi connectivity index (χ2v) is 9.49. The summed E-state index contributed by atoms with van der Waals surface area (Å²) in [5, 5.41) is 0. The highest BCUT2D eigenvalue weighted by Gasteiger charge is 2.18. The molecule has 1 aliphatic rings. The largest absolute Gasteiger partial charge is 0.0625 e. The maximum atomic E-state index is 2.40. The predicted molar refractivity (Wildman–Crippen MR) is 129 cm³/mol. The van der Waals surface area contributed by atoms with Gasteiger partial charge in [-0.15, -0.1) is 0 Å². The maximum absolute atomic E-state index is 2.40. The van der Waals surface area contributed by atoms with Gasteiger partial charge in [0.15, 0.2) is 0 Å². The van der Waals surface area contributed by atoms with Gasteiger partial charge >= 0.3 is 0 Å². The van der Waals surface area contributed by atoms with E-state index in [2.05, 4.69) is 86.6 Å². The summed E-state index contributed by atoms with van der Waals surface area (Å²) < 4.78 is 0. The van der Waals surface area contributed by atoms with E-state index in [1.54, 1.807) is 0 Å². The Morgan fingerprint density at radius 3 is 1.30 bits per heavy atom. The summed E-state index contributed by atoms with van der Waals surface area (Å²) >= 11 is 0. The fourth-order valence-electron chi connectivity index (χ4n) is 4.80. The van der Waals surface area contributed by atoms with Crippen molar-refractivity contribution in [3.63, 3.8) is 0 Å². The van der Waals surface area contributed by atoms with Gasteiger partial charge in [-0.25, -0.2) is 0 Å². The molecule has 0 saturated heterocycles. The van der Waals surface area contributed by atoms with Gasteiger partial charge in [-0.1, -0.05) is 99.5 Å². The molecule has 3 aromatic carbocycles. The lowest BCUT2D eigenvalue weighted by Crippen LogP contribution is -2.14. The fraction of sp³-hybridized carbons (Fsp3) is 0.400. The quantitative estimate of drug-likeness (QED) is 0.382. The van der Waals surface area contributed by atoms with E-state index in [-0.39, 0.29) is 0 Å². The molecule has 0 heterocycles. The van der Waals surface area contributed by atoms with E-state index < -0.39 is 0 Å². The van der Waals surface area contributed by atoms with Crippen LogP contribution in [0.3, 0.4) is 0 Å². The van der Waals surface area contributed by atoms with Crippen molar-refractivity contribution in [3.05, 3.63) is 106 Å². The van der Waals surface area contributed by atoms with Gasteiger partial charge in [0.1, 0.15) is 0 Å². The van der Waals surface area contributed by atoms with Gasteiger partial charge in [-0.2, -0.15) is 0 Å². The Morgan fingerprint density at radius 1 is 0.533 bits per heavy atom. The summed E-state index contributed by atoms with van der Waals surface area (Å²) in [7, 11) is 0. The van der Waals surface area contributed by atoms with Gasteiger partial charge < -0.3 is 0 Å². The van der Waals surface area contributed by atoms with Gasteiger partial charge in [-0.05, 0) is 83.7 Å². The van der Waals surface area contributed by atoms with Crippen LogP contribution in [0.25, 0.3) is 0 Å². The topological polar surface area (TPSA) is 0 Å². The first-order valence-corrected chi connectivity index (χ1v) is 11.9. The molecule has 1 fully saturated rings. The number of benzene rings is 3. The summed E-state index contributed by atoms with van der Waals surface area (Å²) in [5.74, 6) is 1.84. The lowest BCUT2D eigenvalue weighted by atomic mass is 9.80. The van der Waals surface area contributed by atoms with Crippen molar-refractivity contribution in [2.24, 2.45) is 11.8 Å². The van der Waals surface area contributed by atoms with Gasteiger partial charge in [0.2, 0.25) is 0 Å². The van der Waals surface area contributed by atoms with Crippen molar-refractivity contribution in [3.8, 4) is 0 Å². The predicted octanol–water partition coefficient (Wildman–Crippen LogP) is 7.80. The molecule has 0 radical (unpaired) electrons. The van der Waals surface area contributed by atoms with E-state index in [0.717, 1.165) is 31.1 Å². The molecule has 0 spiro atoms. The van der Waals surface area contributed by atoms with E-state index in [4.69, 9.17) is 0 Å². The Kier molecular flexibility index (Phi) is 7.05. The van der Waals surface area contributed by atoms with Crippen LogP contribution in [0.4, 0.5) is 0 Å². The Morgan fingerprint density at radius 2 is 0.900 bits per heavy atom. The first-order chi connectivity index (χ1) is 14.7. The number of rotatable bonds is 7. The molecule has 3 aromatic rings. The lowest BCUT2D eigenvalue weighted by molar-refractivity contribution is 0.289. The molecule has 0 aliphatic heterocycles. The third-order valence-corrected chi connectivity index (χ3v) is 6.95. The summed E-state index contributed by atoms with van der Waals surface area (Å²) in [4.78, 5) is 0. The van der Waals surface area contributed by atoms with Crippen LogP contribution < -0.4 is 0 Å². The van der Waals surface area contributed by atoms with Crippen molar-refractivity contribution < 1.29 is 0 Å². The Bertz CT molecular complexity index is 892. The van der Waals surface area contributed by atoms with Crippen molar-refractivity contribution in [2.45, 2.75) is 65.2 Å². The van der Waals surface area contributed by atoms with Gasteiger partial charge in [0.25, 0.3) is 0 Å². The zero-order valence-electron chi connectivity index (χ0n) is 18.7. The van der Waals surface area contributed by atoms with Crippen LogP contribution in [0.1, 0.15) is 72.9 Å². The zero-order chi connectivity index (χ0) is 20.8. The molecule has 0 bridgehead atoms. The Balaban J connectivity index is 1.30. The van der Waals surface area contributed by atoms with Crippen LogP contribution in [0.15, 0.2) is 72.8 Å². The Hall–Kier alpha value is -2.34. The molecular formula is C30H36. The molecule has 1 saturated carbocycles. The first-order valence-electron chi connectivity index (χ1n) is 11.9. The van der Waals surface area contributed by atoms with Gasteiger partial charge in [-0.3, -0.25) is 0 Å². The average Bonchev–Trinajstić information content (AvgIpc) is 2.78. The summed E-state index contributed by atoms with van der Waals surface area (Å²) in [6.07, 6.45) is 10.1. The minimum absolute atomic E-state index is 0.901. The standard InChI is InChI=1S/C30H36/c1-3-24-8-10-26(11-9-24)21-28-16-18-30(19-17-28)22-29-14-12-27(13-15-29)20-25-6-4-23(2)5-7-25/h8-19,23,25H,3-7,20-22H2,1-2H3. The van der Waals surface area contributed by atoms with E-state index in [1.807, 2.05) is 0 Å². The van der Waals surface area contributed by atoms with E-state index in [0.29, 0.717) is 0 Å². The second-order valence-electron chi connectivity index (χ2n) is 9.49. The fourth-order valence-corrected chi connectivity index (χ4v) is 4.80. The normalized spacial score (nSPS) is 19.0. The van der Waals surface area contributed by atoms with Gasteiger partial charge in [0.05, 0.1) is 0 Å². The van der Waals surface area contributed by atoms with Crippen LogP contribution >= 0.6 is 0 Å². The lowest BCUT2D eigenvalue weighted by Gasteiger charge is -2.26. The second kappa shape index (κ2) is 10.1. The highest BCUT2D eigenvalue weighted by molar-refractivity contribution is 5.33. The molecule has 4 rings (SSSR count). The minimum Gasteiger partial charge on any atom is -0.0625 e. The zero-order valence-corrected chi connectivity index (χ0v) is 18.7. The van der Waals surface area contributed by atoms with Gasteiger partial charge in [0, 0.05) is 0 Å². The SMILES string of the molecule is CCc1ccc(Cc2ccc(Cc3ccc(CC4CCC(C)CC4)cc3)cc2)cc1. The third kappa shape index (κ3) is 5.85. The molecule has 0 atom stereocenters. The van der Waals surface area contributed by atoms with Crippen LogP contribution in [-0.2, 0) is 25.7 Å². The summed E-state index contributed by atoms with van der Waals surface area (Å²) in [6.45, 7) is 4.61. The van der Waals surface area contributed by atoms with Crippen molar-refractivity contribution in [2.75, 3.05) is 0 Å². The van der Waals surface area contributed by atoms with Crippen LogP contribution in [0, 0.1) is 11.8 Å². The number of hydrogen-bond acceptors (Lipinski definition) is 0. The smallest absolute Gasteiger partial charge is 0.00258 e. The van der Waals surface area contributed by atoms with E-state index >= 15 is 0 Å². The Labute approximate surface area is 183 Å².